The zero-order valence-corrected chi connectivity index (χ0v) is 17.7. The molecule has 1 N–H and O–H groups in total. The lowest BCUT2D eigenvalue weighted by Gasteiger charge is -2.31. The molecule has 4 nitrogen and oxygen atoms in total. The van der Waals surface area contributed by atoms with E-state index in [1.807, 2.05) is 0 Å². The summed E-state index contributed by atoms with van der Waals surface area (Å²) in [6.45, 7) is -1.20. The molecule has 32 heavy (non-hydrogen) atoms. The molecule has 0 aliphatic heterocycles. The lowest BCUT2D eigenvalue weighted by atomic mass is 9.93. The van der Waals surface area contributed by atoms with E-state index in [2.05, 4.69) is 21.0 Å². The lowest BCUT2D eigenvalue weighted by Crippen LogP contribution is -2.47. The first-order chi connectivity index (χ1) is 15.1. The van der Waals surface area contributed by atoms with Gasteiger partial charge in [0, 0.05) is 11.5 Å². The summed E-state index contributed by atoms with van der Waals surface area (Å²) in [5.74, 6) is -1.32. The number of aromatic nitrogens is 2. The van der Waals surface area contributed by atoms with Gasteiger partial charge in [-0.15, -0.1) is 0 Å². The Morgan fingerprint density at radius 3 is 2.31 bits per heavy atom. The van der Waals surface area contributed by atoms with Gasteiger partial charge in [0.1, 0.15) is 24.0 Å². The minimum atomic E-state index is -5.09. The highest BCUT2D eigenvalue weighted by atomic mass is 79.9. The maximum atomic E-state index is 13.9. The molecule has 1 heterocycles. The van der Waals surface area contributed by atoms with Gasteiger partial charge in [0.05, 0.1) is 21.9 Å². The zero-order valence-electron chi connectivity index (χ0n) is 16.1. The van der Waals surface area contributed by atoms with Crippen LogP contribution < -0.4 is 4.74 Å². The number of hydrogen-bond acceptors (Lipinski definition) is 3. The van der Waals surface area contributed by atoms with Gasteiger partial charge in [-0.3, -0.25) is 0 Å². The molecule has 0 radical (unpaired) electrons. The number of aliphatic hydroxyl groups is 1. The average molecular weight is 513 g/mol. The standard InChI is InChI=1S/C22H14BrF5N2O2/c23-18-7-4-16(25)10-20(18)32-12-21(31,22(26,27)28)14-1-8-19-13(9-14)11-29-30(19)17-5-2-15(24)3-6-17/h1-11,31H,12H2. The molecule has 4 rings (SSSR count). The summed E-state index contributed by atoms with van der Waals surface area (Å²) < 4.78 is 75.2. The fourth-order valence-electron chi connectivity index (χ4n) is 3.18. The second-order valence-electron chi connectivity index (χ2n) is 7.03. The number of alkyl halides is 3. The Morgan fingerprint density at radius 1 is 0.938 bits per heavy atom. The molecular weight excluding hydrogens is 499 g/mol. The van der Waals surface area contributed by atoms with Crippen LogP contribution in [-0.2, 0) is 5.60 Å². The van der Waals surface area contributed by atoms with Crippen molar-refractivity contribution < 1.29 is 31.8 Å². The third-order valence-electron chi connectivity index (χ3n) is 4.92. The Kier molecular flexibility index (Phi) is 5.68. The number of rotatable bonds is 5. The van der Waals surface area contributed by atoms with Crippen molar-refractivity contribution in [2.45, 2.75) is 11.8 Å². The van der Waals surface area contributed by atoms with Crippen LogP contribution in [0.25, 0.3) is 16.6 Å². The quantitative estimate of drug-likeness (QED) is 0.339. The fraction of sp³-hybridized carbons (Fsp3) is 0.136. The molecule has 0 fully saturated rings. The summed E-state index contributed by atoms with van der Waals surface area (Å²) in [6.07, 6.45) is -3.75. The normalized spacial score (nSPS) is 13.8. The van der Waals surface area contributed by atoms with E-state index in [1.165, 1.54) is 47.3 Å². The van der Waals surface area contributed by atoms with Crippen LogP contribution >= 0.6 is 15.9 Å². The number of halogens is 6. The molecular formula is C22H14BrF5N2O2. The van der Waals surface area contributed by atoms with E-state index in [9.17, 15) is 27.1 Å². The molecule has 0 bridgehead atoms. The summed E-state index contributed by atoms with van der Waals surface area (Å²) in [4.78, 5) is 0. The van der Waals surface area contributed by atoms with Crippen LogP contribution in [0.1, 0.15) is 5.56 Å². The molecule has 0 saturated carbocycles. The Hall–Kier alpha value is -2.98. The Labute approximate surface area is 187 Å². The van der Waals surface area contributed by atoms with Crippen LogP contribution in [0.15, 0.2) is 71.3 Å². The van der Waals surface area contributed by atoms with Crippen molar-refractivity contribution in [2.24, 2.45) is 0 Å². The molecule has 4 aromatic rings. The minimum Gasteiger partial charge on any atom is -0.489 e. The summed E-state index contributed by atoms with van der Waals surface area (Å²) in [5.41, 5.74) is -2.87. The van der Waals surface area contributed by atoms with E-state index >= 15 is 0 Å². The highest BCUT2D eigenvalue weighted by molar-refractivity contribution is 9.10. The van der Waals surface area contributed by atoms with Crippen LogP contribution in [0.2, 0.25) is 0 Å². The summed E-state index contributed by atoms with van der Waals surface area (Å²) >= 11 is 3.08. The second kappa shape index (κ2) is 8.18. The van der Waals surface area contributed by atoms with Gasteiger partial charge >= 0.3 is 6.18 Å². The average Bonchev–Trinajstić information content (AvgIpc) is 3.17. The van der Waals surface area contributed by atoms with Gasteiger partial charge in [0.15, 0.2) is 0 Å². The maximum Gasteiger partial charge on any atom is 0.424 e. The molecule has 10 heteroatoms. The highest BCUT2D eigenvalue weighted by Gasteiger charge is 2.56. The molecule has 0 saturated heterocycles. The minimum absolute atomic E-state index is 0.183. The van der Waals surface area contributed by atoms with Crippen molar-refractivity contribution in [1.82, 2.24) is 9.78 Å². The van der Waals surface area contributed by atoms with Gasteiger partial charge in [-0.2, -0.15) is 18.3 Å². The first-order valence-corrected chi connectivity index (χ1v) is 9.99. The largest absolute Gasteiger partial charge is 0.489 e. The first-order valence-electron chi connectivity index (χ1n) is 9.20. The van der Waals surface area contributed by atoms with Crippen LogP contribution in [-0.4, -0.2) is 27.7 Å². The molecule has 1 aromatic heterocycles. The van der Waals surface area contributed by atoms with Crippen molar-refractivity contribution in [2.75, 3.05) is 6.61 Å². The van der Waals surface area contributed by atoms with Gasteiger partial charge in [-0.1, -0.05) is 6.07 Å². The third kappa shape index (κ3) is 4.07. The van der Waals surface area contributed by atoms with Crippen molar-refractivity contribution in [1.29, 1.82) is 0 Å². The number of benzene rings is 3. The Bertz CT molecular complexity index is 1270. The monoisotopic (exact) mass is 512 g/mol. The van der Waals surface area contributed by atoms with E-state index in [0.717, 1.165) is 24.3 Å². The van der Waals surface area contributed by atoms with Gasteiger partial charge in [0.25, 0.3) is 0 Å². The lowest BCUT2D eigenvalue weighted by molar-refractivity contribution is -0.275. The van der Waals surface area contributed by atoms with Gasteiger partial charge < -0.3 is 9.84 Å². The summed E-state index contributed by atoms with van der Waals surface area (Å²) in [6, 6.07) is 12.4. The van der Waals surface area contributed by atoms with Crippen molar-refractivity contribution in [3.05, 3.63) is 88.5 Å². The molecule has 3 aromatic carbocycles. The number of ether oxygens (including phenoxy) is 1. The predicted molar refractivity (Wildman–Crippen MR) is 111 cm³/mol. The van der Waals surface area contributed by atoms with Crippen LogP contribution in [0.5, 0.6) is 5.75 Å². The van der Waals surface area contributed by atoms with E-state index in [4.69, 9.17) is 4.74 Å². The molecule has 166 valence electrons. The van der Waals surface area contributed by atoms with Gasteiger partial charge in [-0.05, 0) is 70.0 Å². The zero-order chi connectivity index (χ0) is 23.1. The Balaban J connectivity index is 1.71. The van der Waals surface area contributed by atoms with Crippen LogP contribution in [0.3, 0.4) is 0 Å². The third-order valence-corrected chi connectivity index (χ3v) is 5.57. The highest BCUT2D eigenvalue weighted by Crippen LogP contribution is 2.41. The SMILES string of the molecule is OC(COc1cc(F)ccc1Br)(c1ccc2c(cnn2-c2ccc(F)cc2)c1)C(F)(F)F. The number of fused-ring (bicyclic) bond motifs is 1. The van der Waals surface area contributed by atoms with Crippen LogP contribution in [0, 0.1) is 11.6 Å². The van der Waals surface area contributed by atoms with E-state index < -0.39 is 35.6 Å². The summed E-state index contributed by atoms with van der Waals surface area (Å²) in [5, 5.41) is 15.1. The molecule has 0 aliphatic carbocycles. The van der Waals surface area contributed by atoms with E-state index in [-0.39, 0.29) is 10.2 Å². The number of hydrogen-bond donors (Lipinski definition) is 1. The van der Waals surface area contributed by atoms with E-state index in [1.54, 1.807) is 0 Å². The summed E-state index contributed by atoms with van der Waals surface area (Å²) in [7, 11) is 0. The molecule has 0 aliphatic rings. The molecule has 0 spiro atoms. The number of nitrogens with zero attached hydrogens (tertiary/aromatic N) is 2. The molecule has 1 unspecified atom stereocenters. The van der Waals surface area contributed by atoms with Gasteiger partial charge in [-0.25, -0.2) is 13.5 Å². The van der Waals surface area contributed by atoms with E-state index in [0.29, 0.717) is 16.6 Å². The maximum absolute atomic E-state index is 13.9. The fourth-order valence-corrected chi connectivity index (χ4v) is 3.54. The topological polar surface area (TPSA) is 47.3 Å². The predicted octanol–water partition coefficient (Wildman–Crippen LogP) is 5.90. The Morgan fingerprint density at radius 2 is 1.62 bits per heavy atom. The van der Waals surface area contributed by atoms with Gasteiger partial charge in [0.2, 0.25) is 5.60 Å². The van der Waals surface area contributed by atoms with Crippen molar-refractivity contribution in [3.8, 4) is 11.4 Å². The molecule has 1 atom stereocenters. The van der Waals surface area contributed by atoms with Crippen molar-refractivity contribution in [3.63, 3.8) is 0 Å². The van der Waals surface area contributed by atoms with Crippen molar-refractivity contribution >= 4 is 26.8 Å². The molecule has 0 amide bonds. The smallest absolute Gasteiger partial charge is 0.424 e. The second-order valence-corrected chi connectivity index (χ2v) is 7.88. The first kappa shape index (κ1) is 22.2. The van der Waals surface area contributed by atoms with Crippen LogP contribution in [0.4, 0.5) is 22.0 Å².